The number of benzene rings is 1. The first-order valence-electron chi connectivity index (χ1n) is 7.69. The number of rotatable bonds is 5. The van der Waals surface area contributed by atoms with Crippen LogP contribution < -0.4 is 0 Å². The molecule has 1 heterocycles. The third-order valence-electron chi connectivity index (χ3n) is 4.47. The molecule has 1 aliphatic rings. The summed E-state index contributed by atoms with van der Waals surface area (Å²) in [4.78, 5) is 25.7. The second kappa shape index (κ2) is 7.32. The zero-order chi connectivity index (χ0) is 17.0. The van der Waals surface area contributed by atoms with Gasteiger partial charge < -0.3 is 14.7 Å². The summed E-state index contributed by atoms with van der Waals surface area (Å²) in [5, 5.41) is 9.68. The molecule has 1 N–H and O–H groups in total. The Bertz CT molecular complexity index is 566. The van der Waals surface area contributed by atoms with Crippen LogP contribution in [0.25, 0.3) is 0 Å². The van der Waals surface area contributed by atoms with E-state index in [1.165, 1.54) is 4.90 Å². The van der Waals surface area contributed by atoms with Crippen molar-refractivity contribution in [2.75, 3.05) is 26.8 Å². The van der Waals surface area contributed by atoms with E-state index >= 15 is 0 Å². The van der Waals surface area contributed by atoms with Crippen LogP contribution >= 0.6 is 11.6 Å². The molecule has 1 amide bonds. The zero-order valence-electron chi connectivity index (χ0n) is 13.4. The van der Waals surface area contributed by atoms with Gasteiger partial charge in [-0.05, 0) is 30.5 Å². The lowest BCUT2D eigenvalue weighted by atomic mass is 9.73. The first-order valence-corrected chi connectivity index (χ1v) is 8.07. The molecule has 1 aliphatic heterocycles. The van der Waals surface area contributed by atoms with E-state index in [0.29, 0.717) is 31.1 Å². The van der Waals surface area contributed by atoms with E-state index in [4.69, 9.17) is 21.4 Å². The first-order chi connectivity index (χ1) is 10.9. The van der Waals surface area contributed by atoms with Crippen LogP contribution in [0.2, 0.25) is 5.02 Å². The van der Waals surface area contributed by atoms with Crippen molar-refractivity contribution in [1.82, 2.24) is 4.90 Å². The minimum absolute atomic E-state index is 0.0591. The Morgan fingerprint density at radius 2 is 1.87 bits per heavy atom. The fourth-order valence-electron chi connectivity index (χ4n) is 3.05. The summed E-state index contributed by atoms with van der Waals surface area (Å²) >= 11 is 5.96. The molecule has 0 unspecified atom stereocenters. The van der Waals surface area contributed by atoms with Crippen molar-refractivity contribution in [3.63, 3.8) is 0 Å². The smallest absolute Gasteiger partial charge is 0.308 e. The van der Waals surface area contributed by atoms with E-state index < -0.39 is 17.3 Å². The molecule has 0 saturated carbocycles. The number of hydrogen-bond acceptors (Lipinski definition) is 3. The monoisotopic (exact) mass is 339 g/mol. The highest BCUT2D eigenvalue weighted by molar-refractivity contribution is 6.30. The van der Waals surface area contributed by atoms with E-state index in [2.05, 4.69) is 0 Å². The zero-order valence-corrected chi connectivity index (χ0v) is 14.2. The highest BCUT2D eigenvalue weighted by Crippen LogP contribution is 2.37. The molecule has 0 spiro atoms. The van der Waals surface area contributed by atoms with Crippen LogP contribution in [0.15, 0.2) is 24.3 Å². The number of aliphatic carboxylic acids is 1. The van der Waals surface area contributed by atoms with E-state index in [9.17, 15) is 9.59 Å². The summed E-state index contributed by atoms with van der Waals surface area (Å²) in [7, 11) is 1.66. The highest BCUT2D eigenvalue weighted by atomic mass is 35.5. The molecule has 6 heteroatoms. The quantitative estimate of drug-likeness (QED) is 0.895. The van der Waals surface area contributed by atoms with Crippen LogP contribution in [0.4, 0.5) is 0 Å². The lowest BCUT2D eigenvalue weighted by Crippen LogP contribution is -2.50. The van der Waals surface area contributed by atoms with Crippen molar-refractivity contribution in [2.24, 2.45) is 5.92 Å². The number of hydrogen-bond donors (Lipinski definition) is 1. The lowest BCUT2D eigenvalue weighted by molar-refractivity contribution is -0.145. The van der Waals surface area contributed by atoms with Crippen LogP contribution in [0.3, 0.4) is 0 Å². The average Bonchev–Trinajstić information content (AvgIpc) is 2.55. The van der Waals surface area contributed by atoms with Gasteiger partial charge in [0.2, 0.25) is 5.91 Å². The van der Waals surface area contributed by atoms with Crippen molar-refractivity contribution < 1.29 is 19.4 Å². The van der Waals surface area contributed by atoms with Crippen molar-refractivity contribution in [3.05, 3.63) is 34.9 Å². The minimum atomic E-state index is -0.905. The Morgan fingerprint density at radius 3 is 2.39 bits per heavy atom. The number of carboxylic acid groups (broad SMARTS) is 1. The average molecular weight is 340 g/mol. The van der Waals surface area contributed by atoms with Gasteiger partial charge in [-0.1, -0.05) is 30.7 Å². The number of amides is 1. The standard InChI is InChI=1S/C17H22ClNO4/c1-12(15(20)21)11-19(2)16(22)17(7-9-23-10-8-17)13-3-5-14(18)6-4-13/h3-6,12H,7-11H2,1-2H3,(H,20,21)/t12-/m1/s1. The molecule has 0 bridgehead atoms. The van der Waals surface area contributed by atoms with Gasteiger partial charge in [0.05, 0.1) is 11.3 Å². The molecule has 0 aliphatic carbocycles. The van der Waals surface area contributed by atoms with E-state index in [0.717, 1.165) is 5.56 Å². The van der Waals surface area contributed by atoms with Crippen LogP contribution in [-0.4, -0.2) is 48.7 Å². The normalized spacial score (nSPS) is 18.2. The van der Waals surface area contributed by atoms with Gasteiger partial charge in [0.15, 0.2) is 0 Å². The van der Waals surface area contributed by atoms with Crippen LogP contribution in [0.5, 0.6) is 0 Å². The summed E-state index contributed by atoms with van der Waals surface area (Å²) in [5.74, 6) is -1.57. The second-order valence-corrected chi connectivity index (χ2v) is 6.56. The van der Waals surface area contributed by atoms with Crippen molar-refractivity contribution in [1.29, 1.82) is 0 Å². The molecule has 23 heavy (non-hydrogen) atoms. The molecule has 1 aromatic carbocycles. The van der Waals surface area contributed by atoms with Crippen molar-refractivity contribution in [2.45, 2.75) is 25.2 Å². The Hall–Kier alpha value is -1.59. The molecule has 1 atom stereocenters. The fraction of sp³-hybridized carbons (Fsp3) is 0.529. The maximum atomic E-state index is 13.1. The summed E-state index contributed by atoms with van der Waals surface area (Å²) < 4.78 is 5.43. The molecule has 0 aromatic heterocycles. The molecule has 1 saturated heterocycles. The number of likely N-dealkylation sites (N-methyl/N-ethyl adjacent to an activating group) is 1. The third-order valence-corrected chi connectivity index (χ3v) is 4.72. The third kappa shape index (κ3) is 3.85. The highest BCUT2D eigenvalue weighted by Gasteiger charge is 2.43. The van der Waals surface area contributed by atoms with Gasteiger partial charge in [0, 0.05) is 31.8 Å². The molecule has 2 rings (SSSR count). The van der Waals surface area contributed by atoms with Gasteiger partial charge in [-0.25, -0.2) is 0 Å². The summed E-state index contributed by atoms with van der Waals surface area (Å²) in [6.45, 7) is 2.81. The topological polar surface area (TPSA) is 66.8 Å². The number of carbonyl (C=O) groups excluding carboxylic acids is 1. The Kier molecular flexibility index (Phi) is 5.65. The molecule has 1 aromatic rings. The number of carbonyl (C=O) groups is 2. The van der Waals surface area contributed by atoms with E-state index in [1.807, 2.05) is 12.1 Å². The SMILES string of the molecule is C[C@H](CN(C)C(=O)C1(c2ccc(Cl)cc2)CCOCC1)C(=O)O. The van der Waals surface area contributed by atoms with Gasteiger partial charge >= 0.3 is 5.97 Å². The number of halogens is 1. The Morgan fingerprint density at radius 1 is 1.30 bits per heavy atom. The maximum absolute atomic E-state index is 13.1. The van der Waals surface area contributed by atoms with Gasteiger partial charge in [0.25, 0.3) is 0 Å². The summed E-state index contributed by atoms with van der Waals surface area (Å²) in [6, 6.07) is 7.31. The molecular weight excluding hydrogens is 318 g/mol. The maximum Gasteiger partial charge on any atom is 0.308 e. The van der Waals surface area contributed by atoms with E-state index in [-0.39, 0.29) is 12.5 Å². The fourth-order valence-corrected chi connectivity index (χ4v) is 3.18. The minimum Gasteiger partial charge on any atom is -0.481 e. The van der Waals surface area contributed by atoms with Gasteiger partial charge in [0.1, 0.15) is 0 Å². The summed E-state index contributed by atoms with van der Waals surface area (Å²) in [5.41, 5.74) is 0.237. The summed E-state index contributed by atoms with van der Waals surface area (Å²) in [6.07, 6.45) is 1.17. The number of carboxylic acids is 1. The molecule has 1 fully saturated rings. The van der Waals surface area contributed by atoms with Gasteiger partial charge in [-0.15, -0.1) is 0 Å². The van der Waals surface area contributed by atoms with Crippen molar-refractivity contribution >= 4 is 23.5 Å². The largest absolute Gasteiger partial charge is 0.481 e. The Balaban J connectivity index is 2.28. The molecular formula is C17H22ClNO4. The molecule has 0 radical (unpaired) electrons. The van der Waals surface area contributed by atoms with Crippen LogP contribution in [0, 0.1) is 5.92 Å². The van der Waals surface area contributed by atoms with Crippen LogP contribution in [0.1, 0.15) is 25.3 Å². The Labute approximate surface area is 141 Å². The number of ether oxygens (including phenoxy) is 1. The molecule has 5 nitrogen and oxygen atoms in total. The second-order valence-electron chi connectivity index (χ2n) is 6.13. The predicted molar refractivity (Wildman–Crippen MR) is 87.6 cm³/mol. The van der Waals surface area contributed by atoms with Crippen LogP contribution in [-0.2, 0) is 19.7 Å². The lowest BCUT2D eigenvalue weighted by Gasteiger charge is -2.39. The van der Waals surface area contributed by atoms with E-state index in [1.54, 1.807) is 26.1 Å². The van der Waals surface area contributed by atoms with Crippen molar-refractivity contribution in [3.8, 4) is 0 Å². The first kappa shape index (κ1) is 17.8. The number of nitrogens with zero attached hydrogens (tertiary/aromatic N) is 1. The predicted octanol–water partition coefficient (Wildman–Crippen LogP) is 2.57. The molecule has 126 valence electrons. The van der Waals surface area contributed by atoms with Gasteiger partial charge in [-0.3, -0.25) is 9.59 Å². The van der Waals surface area contributed by atoms with Gasteiger partial charge in [-0.2, -0.15) is 0 Å².